The first-order valence-corrected chi connectivity index (χ1v) is 27.5. The molecule has 32 valence electrons. The van der Waals surface area contributed by atoms with Gasteiger partial charge in [-0.25, -0.2) is 0 Å². The fraction of sp³-hybridized carbons (Fsp3) is 1.00. The SMILES string of the molecule is [K][Te]CCC[Te][K]. The molecule has 0 heterocycles. The van der Waals surface area contributed by atoms with Gasteiger partial charge in [0.15, 0.2) is 0 Å². The van der Waals surface area contributed by atoms with Gasteiger partial charge in [-0.15, -0.1) is 0 Å². The molecule has 0 saturated carbocycles. The van der Waals surface area contributed by atoms with Crippen LogP contribution in [0.5, 0.6) is 0 Å². The maximum absolute atomic E-state index is 1.70. The van der Waals surface area contributed by atoms with Crippen LogP contribution in [0.15, 0.2) is 0 Å². The summed E-state index contributed by atoms with van der Waals surface area (Å²) in [6.45, 7) is 0. The average molecular weight is 375 g/mol. The number of hydrogen-bond donors (Lipinski definition) is 0. The van der Waals surface area contributed by atoms with Crippen molar-refractivity contribution in [3.05, 3.63) is 0 Å². The Morgan fingerprint density at radius 2 is 1.43 bits per heavy atom. The van der Waals surface area contributed by atoms with Crippen LogP contribution in [0.25, 0.3) is 0 Å². The molecular formula is C3H6K2Te2. The standard InChI is InChI=1S/C3H8Te2.2K/c4-2-1-3-5;;/h4-5H,1-3H2;;/q;2*+1/p-2. The summed E-state index contributed by atoms with van der Waals surface area (Å²) in [6, 6.07) is 0. The Labute approximate surface area is 115 Å². The Bertz CT molecular complexity index is 30.1. The predicted octanol–water partition coefficient (Wildman–Crippen LogP) is -0.212. The van der Waals surface area contributed by atoms with Gasteiger partial charge < -0.3 is 0 Å². The van der Waals surface area contributed by atoms with Crippen molar-refractivity contribution in [2.24, 2.45) is 0 Å². The molecule has 7 heavy (non-hydrogen) atoms. The molecule has 0 aromatic carbocycles. The van der Waals surface area contributed by atoms with Gasteiger partial charge >= 0.3 is 120 Å². The molecule has 0 rings (SSSR count). The molecule has 0 aliphatic rings. The van der Waals surface area contributed by atoms with E-state index >= 15 is 0 Å². The summed E-state index contributed by atoms with van der Waals surface area (Å²) >= 11 is 2.54. The van der Waals surface area contributed by atoms with Crippen LogP contribution in [-0.4, -0.2) is 105 Å². The molecular weight excluding hydrogens is 369 g/mol. The minimum atomic E-state index is 0.685. The Kier molecular flexibility index (Phi) is 18.4. The number of rotatable bonds is 4. The van der Waals surface area contributed by atoms with E-state index in [2.05, 4.69) is 0 Å². The van der Waals surface area contributed by atoms with E-state index in [-0.39, 0.29) is 0 Å². The molecule has 0 bridgehead atoms. The first-order chi connectivity index (χ1) is 3.41. The van der Waals surface area contributed by atoms with Gasteiger partial charge in [0.2, 0.25) is 0 Å². The second-order valence-corrected chi connectivity index (χ2v) is 19.1. The number of hydrogen-bond acceptors (Lipinski definition) is 0. The zero-order valence-corrected chi connectivity index (χ0v) is 15.8. The molecule has 0 N–H and O–H groups in total. The van der Waals surface area contributed by atoms with Crippen molar-refractivity contribution >= 4 is 105 Å². The van der Waals surface area contributed by atoms with Gasteiger partial charge in [-0.2, -0.15) is 0 Å². The second kappa shape index (κ2) is 10.9. The van der Waals surface area contributed by atoms with Gasteiger partial charge in [-0.05, 0) is 0 Å². The zero-order chi connectivity index (χ0) is 5.54. The fourth-order valence-electron chi connectivity index (χ4n) is 0.348. The third kappa shape index (κ3) is 10.9. The van der Waals surface area contributed by atoms with Gasteiger partial charge in [-0.1, -0.05) is 0 Å². The van der Waals surface area contributed by atoms with Crippen LogP contribution in [0.1, 0.15) is 6.42 Å². The Hall–Kier alpha value is 4.85. The molecule has 0 radical (unpaired) electrons. The molecule has 0 atom stereocenters. The minimum absolute atomic E-state index is 0.685. The van der Waals surface area contributed by atoms with Gasteiger partial charge in [-0.3, -0.25) is 0 Å². The summed E-state index contributed by atoms with van der Waals surface area (Å²) in [5.41, 5.74) is 0. The summed E-state index contributed by atoms with van der Waals surface area (Å²) in [7, 11) is 1.37. The van der Waals surface area contributed by atoms with E-state index in [1.807, 2.05) is 0 Å². The third-order valence-electron chi connectivity index (χ3n) is 0.697. The van der Waals surface area contributed by atoms with E-state index in [0.717, 1.165) is 0 Å². The summed E-state index contributed by atoms with van der Waals surface area (Å²) in [5.74, 6) is 0. The van der Waals surface area contributed by atoms with Crippen LogP contribution in [-0.2, 0) is 0 Å². The van der Waals surface area contributed by atoms with Crippen molar-refractivity contribution < 1.29 is 0 Å². The quantitative estimate of drug-likeness (QED) is 0.471. The van der Waals surface area contributed by atoms with Crippen molar-refractivity contribution in [2.45, 2.75) is 15.4 Å². The average Bonchev–Trinajstić information content (AvgIpc) is 1.69. The van der Waals surface area contributed by atoms with Gasteiger partial charge in [0.25, 0.3) is 0 Å². The molecule has 0 aromatic heterocycles. The molecule has 0 saturated heterocycles. The summed E-state index contributed by atoms with van der Waals surface area (Å²) in [4.78, 5) is 0. The van der Waals surface area contributed by atoms with Crippen molar-refractivity contribution in [3.8, 4) is 0 Å². The molecule has 0 aliphatic carbocycles. The summed E-state index contributed by atoms with van der Waals surface area (Å²) in [6.07, 6.45) is 1.65. The molecule has 0 unspecified atom stereocenters. The van der Waals surface area contributed by atoms with Crippen molar-refractivity contribution in [1.29, 1.82) is 0 Å². The normalized spacial score (nSPS) is 9.71. The zero-order valence-electron chi connectivity index (χ0n) is 4.94. The molecule has 0 spiro atoms. The molecule has 0 amide bonds. The van der Waals surface area contributed by atoms with Crippen molar-refractivity contribution in [3.63, 3.8) is 0 Å². The Morgan fingerprint density at radius 1 is 1.00 bits per heavy atom. The van der Waals surface area contributed by atoms with Crippen LogP contribution in [0.2, 0.25) is 8.94 Å². The van der Waals surface area contributed by atoms with Crippen LogP contribution in [0, 0.1) is 0 Å². The van der Waals surface area contributed by atoms with Crippen LogP contribution in [0.4, 0.5) is 0 Å². The summed E-state index contributed by atoms with van der Waals surface area (Å²) < 4.78 is 3.40. The van der Waals surface area contributed by atoms with E-state index in [4.69, 9.17) is 0 Å². The van der Waals surface area contributed by atoms with Gasteiger partial charge in [0.1, 0.15) is 0 Å². The first kappa shape index (κ1) is 11.9. The molecule has 0 fully saturated rings. The molecule has 0 aliphatic heterocycles. The van der Waals surface area contributed by atoms with Gasteiger partial charge in [0.05, 0.1) is 0 Å². The fourth-order valence-corrected chi connectivity index (χ4v) is 10.6. The summed E-state index contributed by atoms with van der Waals surface area (Å²) in [5, 5.41) is 0. The van der Waals surface area contributed by atoms with E-state index in [1.165, 1.54) is 85.7 Å². The van der Waals surface area contributed by atoms with Crippen LogP contribution < -0.4 is 0 Å². The Morgan fingerprint density at radius 3 is 1.71 bits per heavy atom. The molecule has 4 heteroatoms. The monoisotopic (exact) mass is 380 g/mol. The molecule has 0 nitrogen and oxygen atoms in total. The topological polar surface area (TPSA) is 0 Å². The van der Waals surface area contributed by atoms with E-state index < -0.39 is 0 Å². The van der Waals surface area contributed by atoms with Gasteiger partial charge in [0, 0.05) is 0 Å². The third-order valence-corrected chi connectivity index (χ3v) is 13.2. The maximum atomic E-state index is 1.70. The van der Waals surface area contributed by atoms with E-state index in [1.54, 1.807) is 15.4 Å². The van der Waals surface area contributed by atoms with Crippen molar-refractivity contribution in [2.75, 3.05) is 0 Å². The first-order valence-electron chi connectivity index (χ1n) is 2.39. The van der Waals surface area contributed by atoms with Crippen LogP contribution >= 0.6 is 0 Å². The van der Waals surface area contributed by atoms with Crippen molar-refractivity contribution in [1.82, 2.24) is 0 Å². The van der Waals surface area contributed by atoms with Crippen LogP contribution in [0.3, 0.4) is 0 Å². The predicted molar refractivity (Wildman–Crippen MR) is 37.2 cm³/mol. The van der Waals surface area contributed by atoms with E-state index in [0.29, 0.717) is 19.4 Å². The van der Waals surface area contributed by atoms with E-state index in [9.17, 15) is 0 Å². The molecule has 0 aromatic rings. The Balaban J connectivity index is 2.45. The second-order valence-electron chi connectivity index (χ2n) is 1.34.